The normalized spacial score (nSPS) is 14.2. The minimum absolute atomic E-state index is 0.0400. The molecule has 0 atom stereocenters. The van der Waals surface area contributed by atoms with Crippen molar-refractivity contribution in [3.8, 4) is 0 Å². The molecule has 2 heterocycles. The molecule has 2 aromatic heterocycles. The smallest absolute Gasteiger partial charge is 0.272 e. The molecule has 0 aliphatic heterocycles. The molecule has 0 aromatic carbocycles. The van der Waals surface area contributed by atoms with Crippen molar-refractivity contribution in [3.63, 3.8) is 0 Å². The summed E-state index contributed by atoms with van der Waals surface area (Å²) >= 11 is 5.85. The van der Waals surface area contributed by atoms with E-state index in [0.29, 0.717) is 23.3 Å². The molecule has 0 bridgehead atoms. The maximum atomic E-state index is 12.8. The molecule has 0 saturated heterocycles. The van der Waals surface area contributed by atoms with Crippen molar-refractivity contribution in [3.05, 3.63) is 46.0 Å². The van der Waals surface area contributed by atoms with E-state index in [1.54, 1.807) is 12.1 Å². The molecule has 1 aliphatic carbocycles. The average Bonchev–Trinajstić information content (AvgIpc) is 3.28. The molecular formula is C16H19ClN4O. The summed E-state index contributed by atoms with van der Waals surface area (Å²) in [6.45, 7) is 4.60. The molecule has 0 unspecified atom stereocenters. The predicted octanol–water partition coefficient (Wildman–Crippen LogP) is 2.89. The highest BCUT2D eigenvalue weighted by Crippen LogP contribution is 2.30. The Morgan fingerprint density at radius 3 is 2.64 bits per heavy atom. The number of carbonyl (C=O) groups excluding carboxylic acids is 1. The van der Waals surface area contributed by atoms with E-state index in [0.717, 1.165) is 29.8 Å². The lowest BCUT2D eigenvalue weighted by Crippen LogP contribution is -2.33. The number of amides is 1. The van der Waals surface area contributed by atoms with Crippen LogP contribution in [0.3, 0.4) is 0 Å². The summed E-state index contributed by atoms with van der Waals surface area (Å²) in [5.41, 5.74) is 3.63. The Kier molecular flexibility index (Phi) is 3.91. The van der Waals surface area contributed by atoms with Crippen molar-refractivity contribution in [1.29, 1.82) is 0 Å². The van der Waals surface area contributed by atoms with Gasteiger partial charge in [0.15, 0.2) is 0 Å². The van der Waals surface area contributed by atoms with Crippen LogP contribution in [0.25, 0.3) is 0 Å². The van der Waals surface area contributed by atoms with Crippen LogP contribution in [0.2, 0.25) is 5.02 Å². The second-order valence-electron chi connectivity index (χ2n) is 5.80. The van der Waals surface area contributed by atoms with Gasteiger partial charge in [0, 0.05) is 37.1 Å². The molecule has 0 spiro atoms. The van der Waals surface area contributed by atoms with E-state index < -0.39 is 0 Å². The molecule has 0 N–H and O–H groups in total. The number of aromatic nitrogens is 3. The van der Waals surface area contributed by atoms with Gasteiger partial charge in [0.05, 0.1) is 10.7 Å². The Balaban J connectivity index is 1.87. The zero-order chi connectivity index (χ0) is 15.9. The van der Waals surface area contributed by atoms with Crippen molar-refractivity contribution in [2.75, 3.05) is 0 Å². The number of pyridine rings is 1. The third kappa shape index (κ3) is 2.86. The van der Waals surface area contributed by atoms with Crippen molar-refractivity contribution >= 4 is 17.5 Å². The van der Waals surface area contributed by atoms with Crippen LogP contribution in [0.1, 0.15) is 40.3 Å². The summed E-state index contributed by atoms with van der Waals surface area (Å²) in [4.78, 5) is 18.8. The standard InChI is InChI=1S/C16H19ClN4O/c1-10-14(11(2)20(3)19-10)9-21(13-5-6-13)16(22)15-7-4-12(17)8-18-15/h4,7-8,13H,5-6,9H2,1-3H3. The highest BCUT2D eigenvalue weighted by molar-refractivity contribution is 6.30. The number of hydrogen-bond donors (Lipinski definition) is 0. The lowest BCUT2D eigenvalue weighted by atomic mass is 10.1. The van der Waals surface area contributed by atoms with Gasteiger partial charge in [-0.15, -0.1) is 0 Å². The number of rotatable bonds is 4. The zero-order valence-corrected chi connectivity index (χ0v) is 13.8. The van der Waals surface area contributed by atoms with Crippen LogP contribution in [0, 0.1) is 13.8 Å². The number of halogens is 1. The third-order valence-electron chi connectivity index (χ3n) is 4.18. The third-order valence-corrected chi connectivity index (χ3v) is 4.41. The first-order valence-corrected chi connectivity index (χ1v) is 7.76. The van der Waals surface area contributed by atoms with Crippen LogP contribution in [0.15, 0.2) is 18.3 Å². The topological polar surface area (TPSA) is 51.0 Å². The Hall–Kier alpha value is -1.88. The number of carbonyl (C=O) groups is 1. The monoisotopic (exact) mass is 318 g/mol. The molecule has 1 saturated carbocycles. The molecule has 2 aromatic rings. The quantitative estimate of drug-likeness (QED) is 0.871. The van der Waals surface area contributed by atoms with E-state index in [1.807, 2.05) is 30.5 Å². The molecule has 6 heteroatoms. The predicted molar refractivity (Wildman–Crippen MR) is 84.8 cm³/mol. The second kappa shape index (κ2) is 5.72. The minimum Gasteiger partial charge on any atom is -0.330 e. The summed E-state index contributed by atoms with van der Waals surface area (Å²) in [7, 11) is 1.93. The van der Waals surface area contributed by atoms with E-state index in [1.165, 1.54) is 6.20 Å². The van der Waals surface area contributed by atoms with Gasteiger partial charge in [-0.25, -0.2) is 4.98 Å². The molecule has 0 radical (unpaired) electrons. The minimum atomic E-state index is -0.0400. The van der Waals surface area contributed by atoms with Crippen molar-refractivity contribution in [2.24, 2.45) is 7.05 Å². The van der Waals surface area contributed by atoms with Crippen molar-refractivity contribution < 1.29 is 4.79 Å². The largest absolute Gasteiger partial charge is 0.330 e. The lowest BCUT2D eigenvalue weighted by molar-refractivity contribution is 0.0723. The summed E-state index contributed by atoms with van der Waals surface area (Å²) in [5.74, 6) is -0.0400. The van der Waals surface area contributed by atoms with Gasteiger partial charge in [-0.05, 0) is 38.8 Å². The van der Waals surface area contributed by atoms with Gasteiger partial charge >= 0.3 is 0 Å². The summed E-state index contributed by atoms with van der Waals surface area (Å²) in [6.07, 6.45) is 3.62. The van der Waals surface area contributed by atoms with Crippen LogP contribution < -0.4 is 0 Å². The van der Waals surface area contributed by atoms with Crippen LogP contribution >= 0.6 is 11.6 Å². The molecule has 1 fully saturated rings. The van der Waals surface area contributed by atoms with Crippen molar-refractivity contribution in [1.82, 2.24) is 19.7 Å². The second-order valence-corrected chi connectivity index (χ2v) is 6.24. The van der Waals surface area contributed by atoms with E-state index >= 15 is 0 Å². The van der Waals surface area contributed by atoms with Gasteiger partial charge in [-0.3, -0.25) is 9.48 Å². The van der Waals surface area contributed by atoms with Gasteiger partial charge < -0.3 is 4.90 Å². The number of nitrogens with zero attached hydrogens (tertiary/aromatic N) is 4. The molecule has 5 nitrogen and oxygen atoms in total. The molecule has 22 heavy (non-hydrogen) atoms. The van der Waals surface area contributed by atoms with E-state index in [2.05, 4.69) is 10.1 Å². The van der Waals surface area contributed by atoms with Gasteiger partial charge in [0.25, 0.3) is 5.91 Å². The highest BCUT2D eigenvalue weighted by atomic mass is 35.5. The summed E-state index contributed by atoms with van der Waals surface area (Å²) in [6, 6.07) is 3.69. The number of hydrogen-bond acceptors (Lipinski definition) is 3. The van der Waals surface area contributed by atoms with Gasteiger partial charge in [0.2, 0.25) is 0 Å². The zero-order valence-electron chi connectivity index (χ0n) is 13.0. The van der Waals surface area contributed by atoms with Crippen LogP contribution in [-0.4, -0.2) is 31.6 Å². The molecule has 1 amide bonds. The molecular weight excluding hydrogens is 300 g/mol. The highest BCUT2D eigenvalue weighted by Gasteiger charge is 2.34. The number of aryl methyl sites for hydroxylation is 2. The molecule has 1 aliphatic rings. The van der Waals surface area contributed by atoms with Crippen LogP contribution in [-0.2, 0) is 13.6 Å². The van der Waals surface area contributed by atoms with Crippen molar-refractivity contribution in [2.45, 2.75) is 39.3 Å². The first-order chi connectivity index (χ1) is 10.5. The van der Waals surface area contributed by atoms with Gasteiger partial charge in [0.1, 0.15) is 5.69 Å². The van der Waals surface area contributed by atoms with E-state index in [-0.39, 0.29) is 5.91 Å². The Morgan fingerprint density at radius 1 is 1.41 bits per heavy atom. The average molecular weight is 319 g/mol. The Labute approximate surface area is 134 Å². The van der Waals surface area contributed by atoms with E-state index in [4.69, 9.17) is 11.6 Å². The van der Waals surface area contributed by atoms with Crippen LogP contribution in [0.4, 0.5) is 0 Å². The Morgan fingerprint density at radius 2 is 2.14 bits per heavy atom. The lowest BCUT2D eigenvalue weighted by Gasteiger charge is -2.22. The fourth-order valence-electron chi connectivity index (χ4n) is 2.62. The first kappa shape index (κ1) is 15.0. The van der Waals surface area contributed by atoms with Gasteiger partial charge in [-0.2, -0.15) is 5.10 Å². The fraction of sp³-hybridized carbons (Fsp3) is 0.438. The first-order valence-electron chi connectivity index (χ1n) is 7.39. The summed E-state index contributed by atoms with van der Waals surface area (Å²) in [5, 5.41) is 4.97. The van der Waals surface area contributed by atoms with Crippen LogP contribution in [0.5, 0.6) is 0 Å². The molecule has 3 rings (SSSR count). The SMILES string of the molecule is Cc1nn(C)c(C)c1CN(C(=O)c1ccc(Cl)cn1)C1CC1. The van der Waals surface area contributed by atoms with Gasteiger partial charge in [-0.1, -0.05) is 11.6 Å². The maximum Gasteiger partial charge on any atom is 0.272 e. The Bertz CT molecular complexity index is 704. The summed E-state index contributed by atoms with van der Waals surface area (Å²) < 4.78 is 1.86. The van der Waals surface area contributed by atoms with E-state index in [9.17, 15) is 4.79 Å². The fourth-order valence-corrected chi connectivity index (χ4v) is 2.73. The molecule has 116 valence electrons. The maximum absolute atomic E-state index is 12.8.